The van der Waals surface area contributed by atoms with Crippen LogP contribution in [0.3, 0.4) is 0 Å². The van der Waals surface area contributed by atoms with Gasteiger partial charge in [0.05, 0.1) is 7.11 Å². The van der Waals surface area contributed by atoms with Crippen LogP contribution in [-0.2, 0) is 23.2 Å². The number of benzene rings is 2. The van der Waals surface area contributed by atoms with E-state index in [0.717, 1.165) is 35.6 Å². The van der Waals surface area contributed by atoms with Gasteiger partial charge in [-0.2, -0.15) is 0 Å². The van der Waals surface area contributed by atoms with Crippen molar-refractivity contribution in [2.45, 2.75) is 50.6 Å². The molecular formula is C22H24ClNO2. The van der Waals surface area contributed by atoms with Gasteiger partial charge in [0.25, 0.3) is 0 Å². The number of aryl methyl sites for hydroxylation is 1. The summed E-state index contributed by atoms with van der Waals surface area (Å²) in [6.07, 6.45) is 3.48. The normalized spacial score (nSPS) is 24.8. The monoisotopic (exact) mass is 369 g/mol. The molecule has 1 saturated heterocycles. The molecule has 1 aliphatic heterocycles. The average molecular weight is 370 g/mol. The molecule has 0 radical (unpaired) electrons. The minimum Gasteiger partial charge on any atom is -0.497 e. The first kappa shape index (κ1) is 17.4. The highest BCUT2D eigenvalue weighted by molar-refractivity contribution is 6.30. The lowest BCUT2D eigenvalue weighted by atomic mass is 9.63. The quantitative estimate of drug-likeness (QED) is 0.781. The highest BCUT2D eigenvalue weighted by Gasteiger charge is 2.47. The molecule has 26 heavy (non-hydrogen) atoms. The number of methoxy groups -OCH3 is 1. The zero-order chi connectivity index (χ0) is 18.3. The second-order valence-electron chi connectivity index (χ2n) is 7.64. The predicted octanol–water partition coefficient (Wildman–Crippen LogP) is 4.74. The van der Waals surface area contributed by atoms with E-state index in [4.69, 9.17) is 16.3 Å². The van der Waals surface area contributed by atoms with Gasteiger partial charge >= 0.3 is 0 Å². The lowest BCUT2D eigenvalue weighted by Gasteiger charge is -2.51. The molecule has 4 rings (SSSR count). The van der Waals surface area contributed by atoms with Gasteiger partial charge in [-0.3, -0.25) is 4.79 Å². The Hall–Kier alpha value is -2.00. The number of carbonyl (C=O) groups excluding carboxylic acids is 1. The van der Waals surface area contributed by atoms with Gasteiger partial charge in [0.15, 0.2) is 0 Å². The van der Waals surface area contributed by atoms with Crippen molar-refractivity contribution in [1.29, 1.82) is 0 Å². The molecule has 2 atom stereocenters. The summed E-state index contributed by atoms with van der Waals surface area (Å²) in [4.78, 5) is 14.9. The number of piperidine rings is 1. The molecule has 0 aromatic heterocycles. The number of rotatable bonds is 3. The predicted molar refractivity (Wildman–Crippen MR) is 104 cm³/mol. The van der Waals surface area contributed by atoms with Gasteiger partial charge < -0.3 is 9.64 Å². The van der Waals surface area contributed by atoms with E-state index in [1.54, 1.807) is 7.11 Å². The average Bonchev–Trinajstić information content (AvgIpc) is 2.65. The van der Waals surface area contributed by atoms with Gasteiger partial charge in [-0.15, -0.1) is 0 Å². The van der Waals surface area contributed by atoms with Crippen LogP contribution in [0.15, 0.2) is 42.5 Å². The van der Waals surface area contributed by atoms with E-state index in [1.807, 2.05) is 18.2 Å². The standard InChI is InChI=1S/C22H24ClNO2/c1-22-12-11-21(25)24(14-15-3-7-18(26-2)8-4-15)20(22)10-5-16-13-17(23)6-9-19(16)22/h3-4,6-9,13,20H,5,10-12,14H2,1-2H3/t20-,22-/m1/s1. The van der Waals surface area contributed by atoms with Crippen LogP contribution < -0.4 is 4.74 Å². The van der Waals surface area contributed by atoms with E-state index in [1.165, 1.54) is 11.1 Å². The topological polar surface area (TPSA) is 29.5 Å². The number of ether oxygens (including phenoxy) is 1. The molecule has 136 valence electrons. The van der Waals surface area contributed by atoms with Crippen molar-refractivity contribution in [2.24, 2.45) is 0 Å². The third kappa shape index (κ3) is 2.88. The number of halogens is 1. The van der Waals surface area contributed by atoms with E-state index in [-0.39, 0.29) is 17.4 Å². The summed E-state index contributed by atoms with van der Waals surface area (Å²) in [5.41, 5.74) is 3.85. The van der Waals surface area contributed by atoms with Crippen LogP contribution in [0.25, 0.3) is 0 Å². The third-order valence-corrected chi connectivity index (χ3v) is 6.41. The molecule has 1 fully saturated rings. The zero-order valence-corrected chi connectivity index (χ0v) is 16.1. The molecule has 0 bridgehead atoms. The van der Waals surface area contributed by atoms with E-state index >= 15 is 0 Å². The van der Waals surface area contributed by atoms with Crippen molar-refractivity contribution in [2.75, 3.05) is 7.11 Å². The molecule has 1 heterocycles. The summed E-state index contributed by atoms with van der Waals surface area (Å²) in [5.74, 6) is 1.10. The van der Waals surface area contributed by atoms with Crippen molar-refractivity contribution in [3.05, 3.63) is 64.2 Å². The molecule has 2 aliphatic rings. The van der Waals surface area contributed by atoms with Crippen LogP contribution in [0.5, 0.6) is 5.75 Å². The number of fused-ring (bicyclic) bond motifs is 3. The lowest BCUT2D eigenvalue weighted by Crippen LogP contribution is -2.57. The minimum absolute atomic E-state index is 0.00144. The molecule has 0 spiro atoms. The second kappa shape index (κ2) is 6.62. The number of amides is 1. The van der Waals surface area contributed by atoms with Crippen LogP contribution in [-0.4, -0.2) is 24.0 Å². The molecule has 0 unspecified atom stereocenters. The van der Waals surface area contributed by atoms with Gasteiger partial charge in [0.1, 0.15) is 5.75 Å². The Kier molecular flexibility index (Phi) is 4.44. The van der Waals surface area contributed by atoms with E-state index in [0.29, 0.717) is 13.0 Å². The first-order valence-corrected chi connectivity index (χ1v) is 9.60. The summed E-state index contributed by atoms with van der Waals surface area (Å²) in [7, 11) is 1.67. The van der Waals surface area contributed by atoms with Gasteiger partial charge in [-0.05, 0) is 60.2 Å². The molecule has 0 N–H and O–H groups in total. The Morgan fingerprint density at radius 3 is 2.69 bits per heavy atom. The Labute approximate surface area is 159 Å². The summed E-state index contributed by atoms with van der Waals surface area (Å²) < 4.78 is 5.24. The second-order valence-corrected chi connectivity index (χ2v) is 8.08. The Morgan fingerprint density at radius 2 is 1.96 bits per heavy atom. The van der Waals surface area contributed by atoms with Gasteiger partial charge in [-0.1, -0.05) is 36.7 Å². The minimum atomic E-state index is -0.00144. The van der Waals surface area contributed by atoms with Crippen LogP contribution in [0.2, 0.25) is 5.02 Å². The summed E-state index contributed by atoms with van der Waals surface area (Å²) >= 11 is 6.21. The van der Waals surface area contributed by atoms with Crippen LogP contribution in [0.4, 0.5) is 0 Å². The summed E-state index contributed by atoms with van der Waals surface area (Å²) in [6.45, 7) is 2.98. The van der Waals surface area contributed by atoms with E-state index in [2.05, 4.69) is 36.1 Å². The summed E-state index contributed by atoms with van der Waals surface area (Å²) in [5, 5.41) is 0.799. The smallest absolute Gasteiger partial charge is 0.223 e. The van der Waals surface area contributed by atoms with E-state index in [9.17, 15) is 4.79 Å². The number of nitrogens with zero attached hydrogens (tertiary/aromatic N) is 1. The largest absolute Gasteiger partial charge is 0.497 e. The fraction of sp³-hybridized carbons (Fsp3) is 0.409. The van der Waals surface area contributed by atoms with Crippen molar-refractivity contribution in [3.63, 3.8) is 0 Å². The molecule has 1 amide bonds. The first-order valence-electron chi connectivity index (χ1n) is 9.22. The Balaban J connectivity index is 1.65. The zero-order valence-electron chi connectivity index (χ0n) is 15.3. The molecule has 1 aliphatic carbocycles. The van der Waals surface area contributed by atoms with Gasteiger partial charge in [-0.25, -0.2) is 0 Å². The van der Waals surface area contributed by atoms with Crippen LogP contribution in [0.1, 0.15) is 42.9 Å². The number of carbonyl (C=O) groups is 1. The Bertz CT molecular complexity index is 833. The maximum Gasteiger partial charge on any atom is 0.223 e. The van der Waals surface area contributed by atoms with Crippen molar-refractivity contribution in [1.82, 2.24) is 4.90 Å². The van der Waals surface area contributed by atoms with E-state index < -0.39 is 0 Å². The molecule has 3 nitrogen and oxygen atoms in total. The number of likely N-dealkylation sites (tertiary alicyclic amines) is 1. The number of hydrogen-bond acceptors (Lipinski definition) is 2. The molecule has 2 aromatic rings. The Morgan fingerprint density at radius 1 is 1.19 bits per heavy atom. The maximum absolute atomic E-state index is 12.8. The highest BCUT2D eigenvalue weighted by atomic mass is 35.5. The highest BCUT2D eigenvalue weighted by Crippen LogP contribution is 2.46. The number of hydrogen-bond donors (Lipinski definition) is 0. The molecule has 4 heteroatoms. The fourth-order valence-electron chi connectivity index (χ4n) is 4.73. The fourth-order valence-corrected chi connectivity index (χ4v) is 4.92. The molecule has 2 aromatic carbocycles. The van der Waals surface area contributed by atoms with Gasteiger partial charge in [0.2, 0.25) is 5.91 Å². The van der Waals surface area contributed by atoms with Crippen LogP contribution in [0, 0.1) is 0 Å². The first-order chi connectivity index (χ1) is 12.5. The van der Waals surface area contributed by atoms with Gasteiger partial charge in [0, 0.05) is 29.4 Å². The third-order valence-electron chi connectivity index (χ3n) is 6.17. The molecule has 0 saturated carbocycles. The van der Waals surface area contributed by atoms with Crippen molar-refractivity contribution in [3.8, 4) is 5.75 Å². The van der Waals surface area contributed by atoms with Crippen molar-refractivity contribution >= 4 is 17.5 Å². The van der Waals surface area contributed by atoms with Crippen molar-refractivity contribution < 1.29 is 9.53 Å². The molecular weight excluding hydrogens is 346 g/mol. The summed E-state index contributed by atoms with van der Waals surface area (Å²) in [6, 6.07) is 14.5. The lowest BCUT2D eigenvalue weighted by molar-refractivity contribution is -0.141. The SMILES string of the molecule is COc1ccc(CN2C(=O)CC[C@]3(C)c4ccc(Cl)cc4CC[C@@H]23)cc1. The maximum atomic E-state index is 12.8. The van der Waals surface area contributed by atoms with Crippen LogP contribution >= 0.6 is 11.6 Å².